The van der Waals surface area contributed by atoms with Gasteiger partial charge in [-0.15, -0.1) is 0 Å². The van der Waals surface area contributed by atoms with Crippen molar-refractivity contribution >= 4 is 22.6 Å². The highest BCUT2D eigenvalue weighted by atomic mass is 127. The molecule has 0 bridgehead atoms. The lowest BCUT2D eigenvalue weighted by Gasteiger charge is -2.33. The molecule has 0 unspecified atom stereocenters. The van der Waals surface area contributed by atoms with Crippen LogP contribution in [0.2, 0.25) is 0 Å². The molecule has 0 N–H and O–H groups in total. The number of benzene rings is 2. The molecule has 0 radical (unpaired) electrons. The second-order valence-electron chi connectivity index (χ2n) is 7.94. The molecule has 0 amide bonds. The maximum atomic E-state index is 2.49. The summed E-state index contributed by atoms with van der Waals surface area (Å²) in [6.45, 7) is 4.62. The van der Waals surface area contributed by atoms with Crippen LogP contribution in [-0.2, 0) is 5.41 Å². The van der Waals surface area contributed by atoms with Crippen molar-refractivity contribution < 1.29 is 0 Å². The SMILES string of the molecule is CCCCCCC1(CCCCCC)c2ccccc2-c2ccc(I)cc21. The number of unbranched alkanes of at least 4 members (excludes halogenated alkanes) is 6. The normalized spacial score (nSPS) is 14.3. The first-order valence-corrected chi connectivity index (χ1v) is 11.7. The predicted molar refractivity (Wildman–Crippen MR) is 123 cm³/mol. The number of fused-ring (bicyclic) bond motifs is 3. The molecular formula is C25H33I. The van der Waals surface area contributed by atoms with Crippen LogP contribution in [0, 0.1) is 3.57 Å². The Morgan fingerprint density at radius 2 is 1.31 bits per heavy atom. The number of halogens is 1. The van der Waals surface area contributed by atoms with Crippen molar-refractivity contribution in [1.29, 1.82) is 0 Å². The molecule has 0 saturated carbocycles. The lowest BCUT2D eigenvalue weighted by Crippen LogP contribution is -2.25. The molecule has 0 atom stereocenters. The smallest absolute Gasteiger partial charge is 0.0215 e. The van der Waals surface area contributed by atoms with E-state index in [-0.39, 0.29) is 5.41 Å². The Bertz CT molecular complexity index is 704. The molecular weight excluding hydrogens is 427 g/mol. The maximum absolute atomic E-state index is 2.49. The zero-order valence-corrected chi connectivity index (χ0v) is 18.6. The van der Waals surface area contributed by atoms with Crippen molar-refractivity contribution in [2.24, 2.45) is 0 Å². The van der Waals surface area contributed by atoms with Gasteiger partial charge in [0.1, 0.15) is 0 Å². The summed E-state index contributed by atoms with van der Waals surface area (Å²) in [6.07, 6.45) is 13.4. The van der Waals surface area contributed by atoms with Gasteiger partial charge in [0.15, 0.2) is 0 Å². The minimum atomic E-state index is 0.245. The molecule has 0 saturated heterocycles. The van der Waals surface area contributed by atoms with E-state index in [1.165, 1.54) is 78.9 Å². The molecule has 2 aromatic carbocycles. The lowest BCUT2D eigenvalue weighted by atomic mass is 9.70. The van der Waals surface area contributed by atoms with Gasteiger partial charge in [0.2, 0.25) is 0 Å². The Morgan fingerprint density at radius 1 is 0.692 bits per heavy atom. The first-order chi connectivity index (χ1) is 12.7. The standard InChI is InChI=1S/C25H33I/c1-3-5-7-11-17-25(18-12-8-6-4-2)23-14-10-9-13-21(23)22-16-15-20(26)19-24(22)25/h9-10,13-16,19H,3-8,11-12,17-18H2,1-2H3. The van der Waals surface area contributed by atoms with Crippen molar-refractivity contribution in [3.8, 4) is 11.1 Å². The molecule has 0 nitrogen and oxygen atoms in total. The van der Waals surface area contributed by atoms with Crippen molar-refractivity contribution in [3.63, 3.8) is 0 Å². The third kappa shape index (κ3) is 4.03. The molecule has 3 rings (SSSR count). The minimum absolute atomic E-state index is 0.245. The topological polar surface area (TPSA) is 0 Å². The van der Waals surface area contributed by atoms with E-state index in [1.807, 2.05) is 0 Å². The quantitative estimate of drug-likeness (QED) is 0.246. The molecule has 0 heterocycles. The fraction of sp³-hybridized carbons (Fsp3) is 0.520. The largest absolute Gasteiger partial charge is 0.0654 e. The molecule has 0 fully saturated rings. The summed E-state index contributed by atoms with van der Waals surface area (Å²) in [5, 5.41) is 0. The van der Waals surface area contributed by atoms with Crippen LogP contribution in [-0.4, -0.2) is 0 Å². The Balaban J connectivity index is 1.98. The van der Waals surface area contributed by atoms with Gasteiger partial charge in [-0.2, -0.15) is 0 Å². The van der Waals surface area contributed by atoms with E-state index < -0.39 is 0 Å². The van der Waals surface area contributed by atoms with Crippen LogP contribution >= 0.6 is 22.6 Å². The molecule has 2 aromatic rings. The molecule has 0 spiro atoms. The highest BCUT2D eigenvalue weighted by Gasteiger charge is 2.41. The van der Waals surface area contributed by atoms with Gasteiger partial charge in [0.25, 0.3) is 0 Å². The van der Waals surface area contributed by atoms with Gasteiger partial charge >= 0.3 is 0 Å². The Hall–Kier alpha value is -0.830. The average molecular weight is 460 g/mol. The van der Waals surface area contributed by atoms with E-state index in [1.54, 1.807) is 11.1 Å². The summed E-state index contributed by atoms with van der Waals surface area (Å²) in [5.74, 6) is 0. The van der Waals surface area contributed by atoms with Crippen LogP contribution in [0.5, 0.6) is 0 Å². The summed E-state index contributed by atoms with van der Waals surface area (Å²) in [6, 6.07) is 16.4. The summed E-state index contributed by atoms with van der Waals surface area (Å²) in [4.78, 5) is 0. The molecule has 0 aromatic heterocycles. The monoisotopic (exact) mass is 460 g/mol. The maximum Gasteiger partial charge on any atom is 0.0215 e. The number of rotatable bonds is 10. The van der Waals surface area contributed by atoms with Crippen molar-refractivity contribution in [3.05, 3.63) is 57.2 Å². The number of hydrogen-bond donors (Lipinski definition) is 0. The van der Waals surface area contributed by atoms with E-state index in [4.69, 9.17) is 0 Å². The van der Waals surface area contributed by atoms with E-state index in [2.05, 4.69) is 78.9 Å². The van der Waals surface area contributed by atoms with Gasteiger partial charge in [0.05, 0.1) is 0 Å². The molecule has 1 aliphatic carbocycles. The van der Waals surface area contributed by atoms with Crippen LogP contribution in [0.3, 0.4) is 0 Å². The molecule has 140 valence electrons. The van der Waals surface area contributed by atoms with Gasteiger partial charge < -0.3 is 0 Å². The minimum Gasteiger partial charge on any atom is -0.0654 e. The van der Waals surface area contributed by atoms with Crippen molar-refractivity contribution in [2.75, 3.05) is 0 Å². The fourth-order valence-electron chi connectivity index (χ4n) is 4.80. The Labute approximate surface area is 173 Å². The highest BCUT2D eigenvalue weighted by molar-refractivity contribution is 14.1. The van der Waals surface area contributed by atoms with Crippen LogP contribution < -0.4 is 0 Å². The lowest BCUT2D eigenvalue weighted by molar-refractivity contribution is 0.401. The zero-order chi connectivity index (χ0) is 18.4. The van der Waals surface area contributed by atoms with Gasteiger partial charge in [-0.1, -0.05) is 95.5 Å². The van der Waals surface area contributed by atoms with Gasteiger partial charge in [-0.3, -0.25) is 0 Å². The van der Waals surface area contributed by atoms with Crippen molar-refractivity contribution in [1.82, 2.24) is 0 Å². The average Bonchev–Trinajstić information content (AvgIpc) is 2.92. The first kappa shape index (κ1) is 19.9. The van der Waals surface area contributed by atoms with Gasteiger partial charge in [-0.05, 0) is 69.8 Å². The highest BCUT2D eigenvalue weighted by Crippen LogP contribution is 2.54. The second-order valence-corrected chi connectivity index (χ2v) is 9.18. The van der Waals surface area contributed by atoms with Crippen LogP contribution in [0.15, 0.2) is 42.5 Å². The summed E-state index contributed by atoms with van der Waals surface area (Å²) in [7, 11) is 0. The zero-order valence-electron chi connectivity index (χ0n) is 16.5. The molecule has 1 aliphatic rings. The third-order valence-electron chi connectivity index (χ3n) is 6.14. The Kier molecular flexibility index (Phi) is 7.19. The third-order valence-corrected chi connectivity index (χ3v) is 6.82. The molecule has 26 heavy (non-hydrogen) atoms. The Morgan fingerprint density at radius 3 is 1.96 bits per heavy atom. The molecule has 1 heteroatoms. The predicted octanol–water partition coefficient (Wildman–Crippen LogP) is 8.50. The van der Waals surface area contributed by atoms with E-state index in [0.29, 0.717) is 0 Å². The van der Waals surface area contributed by atoms with Crippen molar-refractivity contribution in [2.45, 2.75) is 83.5 Å². The summed E-state index contributed by atoms with van der Waals surface area (Å²) < 4.78 is 1.38. The van der Waals surface area contributed by atoms with Crippen LogP contribution in [0.1, 0.15) is 89.2 Å². The summed E-state index contributed by atoms with van der Waals surface area (Å²) in [5.41, 5.74) is 6.44. The van der Waals surface area contributed by atoms with Gasteiger partial charge in [-0.25, -0.2) is 0 Å². The van der Waals surface area contributed by atoms with Crippen LogP contribution in [0.4, 0.5) is 0 Å². The van der Waals surface area contributed by atoms with E-state index in [9.17, 15) is 0 Å². The summed E-state index contributed by atoms with van der Waals surface area (Å²) >= 11 is 2.49. The van der Waals surface area contributed by atoms with Crippen LogP contribution in [0.25, 0.3) is 11.1 Å². The fourth-order valence-corrected chi connectivity index (χ4v) is 5.29. The molecule has 0 aliphatic heterocycles. The second kappa shape index (κ2) is 9.39. The van der Waals surface area contributed by atoms with Gasteiger partial charge in [0, 0.05) is 8.99 Å². The number of hydrogen-bond acceptors (Lipinski definition) is 0. The van der Waals surface area contributed by atoms with E-state index >= 15 is 0 Å². The van der Waals surface area contributed by atoms with E-state index in [0.717, 1.165) is 0 Å². The first-order valence-electron chi connectivity index (χ1n) is 10.6.